The van der Waals surface area contributed by atoms with E-state index < -0.39 is 47.7 Å². The Labute approximate surface area is 276 Å². The van der Waals surface area contributed by atoms with Crippen molar-refractivity contribution in [3.63, 3.8) is 0 Å². The van der Waals surface area contributed by atoms with Crippen LogP contribution in [-0.4, -0.2) is 83.3 Å². The van der Waals surface area contributed by atoms with Crippen LogP contribution in [0, 0.1) is 17.8 Å². The molecule has 3 fully saturated rings. The van der Waals surface area contributed by atoms with Crippen LogP contribution < -0.4 is 10.2 Å². The molecular weight excluding hydrogens is 598 g/mol. The van der Waals surface area contributed by atoms with Gasteiger partial charge in [-0.2, -0.15) is 0 Å². The lowest BCUT2D eigenvalue weighted by atomic mass is 9.70. The number of nitrogens with zero attached hydrogens (tertiary/aromatic N) is 2. The van der Waals surface area contributed by atoms with Gasteiger partial charge in [0.1, 0.15) is 17.7 Å². The van der Waals surface area contributed by atoms with Gasteiger partial charge in [-0.3, -0.25) is 19.2 Å². The maximum Gasteiger partial charge on any atom is 0.312 e. The second-order valence-corrected chi connectivity index (χ2v) is 13.4. The molecule has 3 amide bonds. The van der Waals surface area contributed by atoms with Crippen molar-refractivity contribution < 1.29 is 33.8 Å². The number of carbonyl (C=O) groups excluding carboxylic acids is 4. The van der Waals surface area contributed by atoms with Gasteiger partial charge in [0.05, 0.1) is 37.1 Å². The second-order valence-electron chi connectivity index (χ2n) is 13.4. The molecule has 1 spiro atoms. The van der Waals surface area contributed by atoms with Crippen molar-refractivity contribution in [2.24, 2.45) is 17.8 Å². The third kappa shape index (κ3) is 6.58. The summed E-state index contributed by atoms with van der Waals surface area (Å²) in [5.41, 5.74) is -0.608. The van der Waals surface area contributed by atoms with E-state index in [1.807, 2.05) is 56.3 Å². The van der Waals surface area contributed by atoms with Crippen LogP contribution in [0.15, 0.2) is 67.8 Å². The van der Waals surface area contributed by atoms with Crippen LogP contribution in [0.25, 0.3) is 10.8 Å². The molecule has 2 aromatic rings. The van der Waals surface area contributed by atoms with E-state index in [9.17, 15) is 24.3 Å². The first-order valence-electron chi connectivity index (χ1n) is 16.7. The third-order valence-electron chi connectivity index (χ3n) is 9.69. The molecule has 47 heavy (non-hydrogen) atoms. The molecular formula is C37H47N3O7. The molecule has 3 aliphatic rings. The van der Waals surface area contributed by atoms with E-state index in [0.29, 0.717) is 31.4 Å². The minimum Gasteiger partial charge on any atom is -0.460 e. The molecule has 10 heteroatoms. The lowest BCUT2D eigenvalue weighted by Gasteiger charge is -2.39. The molecule has 2 aromatic carbocycles. The molecule has 3 aliphatic heterocycles. The van der Waals surface area contributed by atoms with Gasteiger partial charge in [-0.05, 0) is 61.4 Å². The summed E-state index contributed by atoms with van der Waals surface area (Å²) in [6.07, 6.45) is 4.27. The van der Waals surface area contributed by atoms with Crippen LogP contribution >= 0.6 is 0 Å². The lowest BCUT2D eigenvalue weighted by molar-refractivity contribution is -0.159. The number of nitrogens with one attached hydrogen (secondary N) is 1. The van der Waals surface area contributed by atoms with E-state index >= 15 is 0 Å². The van der Waals surface area contributed by atoms with Gasteiger partial charge in [0, 0.05) is 18.7 Å². The van der Waals surface area contributed by atoms with Crippen LogP contribution in [0.5, 0.6) is 0 Å². The first-order valence-corrected chi connectivity index (χ1v) is 16.7. The number of rotatable bonds is 15. The van der Waals surface area contributed by atoms with Gasteiger partial charge in [0.2, 0.25) is 11.8 Å². The summed E-state index contributed by atoms with van der Waals surface area (Å²) in [6.45, 7) is 13.2. The number of hydrogen-bond donors (Lipinski definition) is 2. The van der Waals surface area contributed by atoms with Crippen molar-refractivity contribution in [2.45, 2.75) is 82.8 Å². The normalized spacial score (nSPS) is 25.8. The number of allylic oxidation sites excluding steroid dienone is 1. The summed E-state index contributed by atoms with van der Waals surface area (Å²) in [4.78, 5) is 58.4. The van der Waals surface area contributed by atoms with Gasteiger partial charge in [0.25, 0.3) is 5.91 Å². The van der Waals surface area contributed by atoms with E-state index in [-0.39, 0.29) is 49.8 Å². The molecule has 252 valence electrons. The Morgan fingerprint density at radius 3 is 2.57 bits per heavy atom. The van der Waals surface area contributed by atoms with Gasteiger partial charge in [-0.15, -0.1) is 13.2 Å². The fourth-order valence-electron chi connectivity index (χ4n) is 7.69. The molecule has 5 rings (SSSR count). The van der Waals surface area contributed by atoms with Crippen molar-refractivity contribution in [3.05, 3.63) is 67.8 Å². The highest BCUT2D eigenvalue weighted by Crippen LogP contribution is 2.59. The zero-order valence-corrected chi connectivity index (χ0v) is 27.6. The van der Waals surface area contributed by atoms with E-state index in [2.05, 4.69) is 18.5 Å². The average Bonchev–Trinajstić information content (AvgIpc) is 3.70. The number of aliphatic hydroxyl groups is 1. The molecule has 3 saturated heterocycles. The Morgan fingerprint density at radius 2 is 1.89 bits per heavy atom. The van der Waals surface area contributed by atoms with E-state index in [1.54, 1.807) is 24.0 Å². The van der Waals surface area contributed by atoms with E-state index in [1.165, 1.54) is 4.90 Å². The molecule has 2 bridgehead atoms. The minimum absolute atomic E-state index is 0.124. The summed E-state index contributed by atoms with van der Waals surface area (Å²) in [7, 11) is 0. The lowest BCUT2D eigenvalue weighted by Crippen LogP contribution is -2.59. The number of aliphatic hydroxyl groups excluding tert-OH is 1. The van der Waals surface area contributed by atoms with Gasteiger partial charge in [0.15, 0.2) is 0 Å². The topological polar surface area (TPSA) is 125 Å². The third-order valence-corrected chi connectivity index (χ3v) is 9.69. The average molecular weight is 646 g/mol. The quantitative estimate of drug-likeness (QED) is 0.220. The van der Waals surface area contributed by atoms with Crippen molar-refractivity contribution >= 4 is 40.2 Å². The summed E-state index contributed by atoms with van der Waals surface area (Å²) in [5, 5.41) is 15.4. The number of hydrogen-bond acceptors (Lipinski definition) is 7. The van der Waals surface area contributed by atoms with Gasteiger partial charge < -0.3 is 29.7 Å². The van der Waals surface area contributed by atoms with Crippen LogP contribution in [-0.2, 0) is 28.7 Å². The molecule has 3 heterocycles. The Balaban J connectivity index is 1.48. The number of benzene rings is 2. The predicted molar refractivity (Wildman–Crippen MR) is 179 cm³/mol. The fraction of sp³-hybridized carbons (Fsp3) is 0.514. The molecule has 7 atom stereocenters. The zero-order valence-electron chi connectivity index (χ0n) is 27.6. The zero-order chi connectivity index (χ0) is 33.9. The smallest absolute Gasteiger partial charge is 0.312 e. The van der Waals surface area contributed by atoms with Crippen LogP contribution in [0.4, 0.5) is 5.69 Å². The van der Waals surface area contributed by atoms with Crippen molar-refractivity contribution in [1.82, 2.24) is 10.2 Å². The van der Waals surface area contributed by atoms with Crippen LogP contribution in [0.1, 0.15) is 52.9 Å². The molecule has 0 radical (unpaired) electrons. The second kappa shape index (κ2) is 14.4. The number of carbonyl (C=O) groups is 4. The standard InChI is InChI=1S/C37H47N3O7/c1-6-8-13-30(42)38-21-24(5)46-36(45)31-29-16-17-37(47-29)32(31)34(43)40(28(22-41)19-23(3)4)33(37)35(44)39(18-7-2)27-15-14-25-11-9-10-12-26(25)20-27/h6-7,9-12,14-15,20,23-24,28-29,31-33,41H,1-2,8,13,16-19,21-22H2,3-5H3,(H,38,42)/t24-,28-,29-,31+,32+,33-,37+/m1/s1. The SMILES string of the molecule is C=CCCC(=O)NC[C@@H](C)OC(=O)[C@@H]1[C@H]2C(=O)N([C@@H](CO)CC(C)C)[C@H](C(=O)N(CC=C)c3ccc4ccccc4c3)[C@]23CC[C@H]1O3. The molecule has 10 nitrogen and oxygen atoms in total. The highest BCUT2D eigenvalue weighted by Gasteiger charge is 2.75. The maximum absolute atomic E-state index is 14.9. The first-order chi connectivity index (χ1) is 22.6. The molecule has 0 aliphatic carbocycles. The van der Waals surface area contributed by atoms with E-state index in [0.717, 1.165) is 10.8 Å². The number of likely N-dealkylation sites (tertiary alicyclic amines) is 1. The Bertz CT molecular complexity index is 1520. The predicted octanol–water partition coefficient (Wildman–Crippen LogP) is 4.15. The van der Waals surface area contributed by atoms with E-state index in [4.69, 9.17) is 9.47 Å². The fourth-order valence-corrected chi connectivity index (χ4v) is 7.69. The first kappa shape index (κ1) is 34.3. The Kier molecular flexibility index (Phi) is 10.5. The number of anilines is 1. The largest absolute Gasteiger partial charge is 0.460 e. The van der Waals surface area contributed by atoms with Crippen LogP contribution in [0.2, 0.25) is 0 Å². The monoisotopic (exact) mass is 645 g/mol. The van der Waals surface area contributed by atoms with Crippen molar-refractivity contribution in [3.8, 4) is 0 Å². The van der Waals surface area contributed by atoms with Crippen molar-refractivity contribution in [1.29, 1.82) is 0 Å². The number of ether oxygens (including phenoxy) is 2. The van der Waals surface area contributed by atoms with Gasteiger partial charge in [-0.1, -0.05) is 56.3 Å². The maximum atomic E-state index is 14.9. The van der Waals surface area contributed by atoms with Gasteiger partial charge >= 0.3 is 5.97 Å². The number of amides is 3. The molecule has 0 saturated carbocycles. The highest BCUT2D eigenvalue weighted by atomic mass is 16.6. The number of fused-ring (bicyclic) bond motifs is 2. The Hall–Kier alpha value is -4.02. The van der Waals surface area contributed by atoms with Crippen LogP contribution in [0.3, 0.4) is 0 Å². The molecule has 2 N–H and O–H groups in total. The highest BCUT2D eigenvalue weighted by molar-refractivity contribution is 6.05. The molecule has 0 aromatic heterocycles. The van der Waals surface area contributed by atoms with Gasteiger partial charge in [-0.25, -0.2) is 0 Å². The summed E-state index contributed by atoms with van der Waals surface area (Å²) < 4.78 is 12.4. The Morgan fingerprint density at radius 1 is 1.15 bits per heavy atom. The minimum atomic E-state index is -1.26. The summed E-state index contributed by atoms with van der Waals surface area (Å²) >= 11 is 0. The summed E-state index contributed by atoms with van der Waals surface area (Å²) in [6, 6.07) is 11.9. The summed E-state index contributed by atoms with van der Waals surface area (Å²) in [5.74, 6) is -3.22. The molecule has 0 unspecified atom stereocenters. The van der Waals surface area contributed by atoms with Crippen molar-refractivity contribution in [2.75, 3.05) is 24.6 Å². The number of esters is 1.